The molecule has 1 aromatic heterocycles. The van der Waals surface area contributed by atoms with E-state index in [9.17, 15) is 9.90 Å². The molecule has 1 N–H and O–H groups in total. The first-order chi connectivity index (χ1) is 10.9. The summed E-state index contributed by atoms with van der Waals surface area (Å²) in [7, 11) is 0. The van der Waals surface area contributed by atoms with Gasteiger partial charge in [-0.15, -0.1) is 0 Å². The zero-order valence-electron chi connectivity index (χ0n) is 14.3. The van der Waals surface area contributed by atoms with Crippen LogP contribution in [0, 0.1) is 22.7 Å². The van der Waals surface area contributed by atoms with Gasteiger partial charge >= 0.3 is 5.97 Å². The second kappa shape index (κ2) is 5.85. The molecule has 4 atom stereocenters. The normalized spacial score (nSPS) is 37.4. The fraction of sp³-hybridized carbons (Fsp3) is 0.650. The van der Waals surface area contributed by atoms with Crippen molar-refractivity contribution in [2.24, 2.45) is 22.7 Å². The maximum absolute atomic E-state index is 12.0. The van der Waals surface area contributed by atoms with Gasteiger partial charge in [0.1, 0.15) is 0 Å². The van der Waals surface area contributed by atoms with Crippen LogP contribution in [0.1, 0.15) is 57.9 Å². The van der Waals surface area contributed by atoms with Crippen molar-refractivity contribution in [3.8, 4) is 0 Å². The van der Waals surface area contributed by atoms with Crippen molar-refractivity contribution in [1.82, 2.24) is 0 Å². The maximum Gasteiger partial charge on any atom is 0.309 e. The topological polar surface area (TPSA) is 50.4 Å². The van der Waals surface area contributed by atoms with E-state index in [1.807, 2.05) is 19.3 Å². The summed E-state index contributed by atoms with van der Waals surface area (Å²) in [6.45, 7) is 8.65. The molecule has 0 spiro atoms. The molecule has 23 heavy (non-hydrogen) atoms. The summed E-state index contributed by atoms with van der Waals surface area (Å²) in [6, 6.07) is 2.02. The molecular weight excluding hydrogens is 288 g/mol. The number of carboxylic acids is 1. The number of furan rings is 1. The van der Waals surface area contributed by atoms with E-state index >= 15 is 0 Å². The fourth-order valence-corrected chi connectivity index (χ4v) is 5.48. The lowest BCUT2D eigenvalue weighted by molar-refractivity contribution is -0.164. The molecule has 0 aliphatic heterocycles. The monoisotopic (exact) mass is 316 g/mol. The first-order valence-electron chi connectivity index (χ1n) is 8.80. The van der Waals surface area contributed by atoms with Crippen molar-refractivity contribution in [3.63, 3.8) is 0 Å². The lowest BCUT2D eigenvalue weighted by atomic mass is 9.46. The minimum Gasteiger partial charge on any atom is -0.481 e. The molecule has 0 aromatic carbocycles. The lowest BCUT2D eigenvalue weighted by Gasteiger charge is -2.57. The Balaban J connectivity index is 1.86. The van der Waals surface area contributed by atoms with E-state index in [1.54, 1.807) is 6.26 Å². The maximum atomic E-state index is 12.0. The Morgan fingerprint density at radius 2 is 2.22 bits per heavy atom. The van der Waals surface area contributed by atoms with Crippen LogP contribution in [0.15, 0.2) is 35.2 Å². The zero-order chi connectivity index (χ0) is 16.7. The van der Waals surface area contributed by atoms with Gasteiger partial charge in [-0.3, -0.25) is 4.79 Å². The first kappa shape index (κ1) is 16.4. The molecule has 3 heteroatoms. The van der Waals surface area contributed by atoms with Crippen LogP contribution in [-0.4, -0.2) is 11.1 Å². The van der Waals surface area contributed by atoms with Crippen molar-refractivity contribution >= 4 is 5.97 Å². The van der Waals surface area contributed by atoms with E-state index < -0.39 is 11.4 Å². The number of aryl methyl sites for hydroxylation is 1. The summed E-state index contributed by atoms with van der Waals surface area (Å²) >= 11 is 0. The lowest BCUT2D eigenvalue weighted by Crippen LogP contribution is -2.53. The van der Waals surface area contributed by atoms with Gasteiger partial charge in [-0.2, -0.15) is 0 Å². The Labute approximate surface area is 138 Å². The van der Waals surface area contributed by atoms with E-state index in [-0.39, 0.29) is 11.3 Å². The quantitative estimate of drug-likeness (QED) is 0.788. The number of hydrogen-bond donors (Lipinski definition) is 1. The van der Waals surface area contributed by atoms with E-state index in [0.29, 0.717) is 5.92 Å². The predicted octanol–water partition coefficient (Wildman–Crippen LogP) is 5.08. The van der Waals surface area contributed by atoms with E-state index in [2.05, 4.69) is 13.5 Å². The van der Waals surface area contributed by atoms with Gasteiger partial charge in [0.2, 0.25) is 0 Å². The summed E-state index contributed by atoms with van der Waals surface area (Å²) in [4.78, 5) is 12.0. The van der Waals surface area contributed by atoms with E-state index in [1.165, 1.54) is 11.1 Å². The minimum absolute atomic E-state index is 0.0600. The average molecular weight is 316 g/mol. The molecule has 2 aliphatic carbocycles. The van der Waals surface area contributed by atoms with E-state index in [4.69, 9.17) is 4.42 Å². The predicted molar refractivity (Wildman–Crippen MR) is 90.1 cm³/mol. The Bertz CT molecular complexity index is 588. The van der Waals surface area contributed by atoms with Gasteiger partial charge in [-0.05, 0) is 74.3 Å². The van der Waals surface area contributed by atoms with Crippen molar-refractivity contribution in [1.29, 1.82) is 0 Å². The van der Waals surface area contributed by atoms with Crippen molar-refractivity contribution in [3.05, 3.63) is 36.3 Å². The van der Waals surface area contributed by atoms with Crippen LogP contribution in [0.3, 0.4) is 0 Å². The van der Waals surface area contributed by atoms with Gasteiger partial charge in [0.05, 0.1) is 17.9 Å². The van der Waals surface area contributed by atoms with Crippen molar-refractivity contribution in [2.45, 2.75) is 58.8 Å². The van der Waals surface area contributed by atoms with Crippen LogP contribution in [0.2, 0.25) is 0 Å². The molecule has 3 rings (SSSR count). The minimum atomic E-state index is -0.616. The number of rotatable bonds is 4. The van der Waals surface area contributed by atoms with Crippen LogP contribution in [0.5, 0.6) is 0 Å². The number of allylic oxidation sites excluding steroid dienone is 1. The van der Waals surface area contributed by atoms with Gasteiger partial charge in [0, 0.05) is 0 Å². The Hall–Kier alpha value is -1.51. The standard InChI is InChI=1S/C20H28O3/c1-14-5-8-17-19(2,10-4-11-20(17,3)18(21)22)16(14)7-6-15-9-12-23-13-15/h9,12-13,16-17H,1,4-8,10-11H2,2-3H3,(H,21,22)/t16?,17?,19-,20+/m1/s1. The summed E-state index contributed by atoms with van der Waals surface area (Å²) in [6.07, 6.45) is 10.4. The summed E-state index contributed by atoms with van der Waals surface area (Å²) in [5.74, 6) is 0.0470. The largest absolute Gasteiger partial charge is 0.481 e. The van der Waals surface area contributed by atoms with Gasteiger partial charge in [0.25, 0.3) is 0 Å². The average Bonchev–Trinajstić information content (AvgIpc) is 2.99. The number of fused-ring (bicyclic) bond motifs is 1. The molecule has 2 saturated carbocycles. The molecule has 126 valence electrons. The second-order valence-corrected chi connectivity index (χ2v) is 8.05. The summed E-state index contributed by atoms with van der Waals surface area (Å²) < 4.78 is 5.18. The highest BCUT2D eigenvalue weighted by Gasteiger charge is 2.57. The third-order valence-electron chi connectivity index (χ3n) is 6.81. The SMILES string of the molecule is C=C1CCC2[C@](C)(CCC[C@]2(C)C(=O)O)C1CCc1ccoc1. The molecule has 0 radical (unpaired) electrons. The highest BCUT2D eigenvalue weighted by atomic mass is 16.4. The van der Waals surface area contributed by atoms with E-state index in [0.717, 1.165) is 44.9 Å². The molecule has 0 saturated heterocycles. The van der Waals surface area contributed by atoms with Crippen LogP contribution in [-0.2, 0) is 11.2 Å². The van der Waals surface area contributed by atoms with Gasteiger partial charge < -0.3 is 9.52 Å². The Kier molecular flexibility index (Phi) is 4.16. The number of carbonyl (C=O) groups is 1. The molecule has 0 amide bonds. The molecule has 3 nitrogen and oxygen atoms in total. The number of aliphatic carboxylic acids is 1. The molecule has 2 fully saturated rings. The zero-order valence-corrected chi connectivity index (χ0v) is 14.3. The molecular formula is C20H28O3. The third-order valence-corrected chi connectivity index (χ3v) is 6.81. The van der Waals surface area contributed by atoms with Gasteiger partial charge in [-0.25, -0.2) is 0 Å². The molecule has 1 aromatic rings. The van der Waals surface area contributed by atoms with Crippen LogP contribution < -0.4 is 0 Å². The van der Waals surface area contributed by atoms with Crippen molar-refractivity contribution < 1.29 is 14.3 Å². The highest BCUT2D eigenvalue weighted by molar-refractivity contribution is 5.75. The number of carboxylic acid groups (broad SMARTS) is 1. The Morgan fingerprint density at radius 3 is 2.87 bits per heavy atom. The van der Waals surface area contributed by atoms with Crippen molar-refractivity contribution in [2.75, 3.05) is 0 Å². The summed E-state index contributed by atoms with van der Waals surface area (Å²) in [5.41, 5.74) is 2.02. The molecule has 1 heterocycles. The van der Waals surface area contributed by atoms with Gasteiger partial charge in [-0.1, -0.05) is 25.5 Å². The molecule has 0 bridgehead atoms. The fourth-order valence-electron chi connectivity index (χ4n) is 5.48. The summed E-state index contributed by atoms with van der Waals surface area (Å²) in [5, 5.41) is 9.85. The third kappa shape index (κ3) is 2.64. The van der Waals surface area contributed by atoms with Crippen LogP contribution in [0.25, 0.3) is 0 Å². The van der Waals surface area contributed by atoms with Crippen LogP contribution >= 0.6 is 0 Å². The molecule has 2 aliphatic rings. The van der Waals surface area contributed by atoms with Crippen LogP contribution in [0.4, 0.5) is 0 Å². The highest BCUT2D eigenvalue weighted by Crippen LogP contribution is 2.61. The second-order valence-electron chi connectivity index (χ2n) is 8.05. The smallest absolute Gasteiger partial charge is 0.309 e. The van der Waals surface area contributed by atoms with Gasteiger partial charge in [0.15, 0.2) is 0 Å². The first-order valence-corrected chi connectivity index (χ1v) is 8.80. The number of hydrogen-bond acceptors (Lipinski definition) is 2. The molecule has 2 unspecified atom stereocenters. The Morgan fingerprint density at radius 1 is 1.43 bits per heavy atom.